The molecule has 3 amide bonds. The second-order valence-corrected chi connectivity index (χ2v) is 6.02. The van der Waals surface area contributed by atoms with Crippen molar-refractivity contribution in [2.45, 2.75) is 0 Å². The van der Waals surface area contributed by atoms with Gasteiger partial charge in [-0.15, -0.1) is 0 Å². The number of carbonyl (C=O) groups excluding carboxylic acids is 2. The Balaban J connectivity index is 1.35. The lowest BCUT2D eigenvalue weighted by Gasteiger charge is -2.34. The fourth-order valence-electron chi connectivity index (χ4n) is 2.72. The van der Waals surface area contributed by atoms with Gasteiger partial charge in [-0.3, -0.25) is 4.79 Å². The number of benzene rings is 1. The lowest BCUT2D eigenvalue weighted by atomic mass is 10.2. The smallest absolute Gasteiger partial charge is 0.317 e. The maximum Gasteiger partial charge on any atom is 0.317 e. The maximum atomic E-state index is 12.8. The summed E-state index contributed by atoms with van der Waals surface area (Å²) in [5.74, 6) is -0.0282. The molecule has 0 spiro atoms. The van der Waals surface area contributed by atoms with E-state index >= 15 is 0 Å². The van der Waals surface area contributed by atoms with Gasteiger partial charge in [0.25, 0.3) is 5.91 Å². The number of amides is 3. The van der Waals surface area contributed by atoms with Crippen molar-refractivity contribution >= 4 is 17.9 Å². The number of hydrogen-bond acceptors (Lipinski definition) is 5. The molecule has 1 saturated heterocycles. The topological polar surface area (TPSA) is 90.5 Å². The zero-order valence-corrected chi connectivity index (χ0v) is 14.8. The Kier molecular flexibility index (Phi) is 6.14. The summed E-state index contributed by atoms with van der Waals surface area (Å²) in [7, 11) is 0. The van der Waals surface area contributed by atoms with Crippen LogP contribution in [0, 0.1) is 5.82 Å². The minimum absolute atomic E-state index is 0.167. The molecule has 0 bridgehead atoms. The summed E-state index contributed by atoms with van der Waals surface area (Å²) >= 11 is 0. The van der Waals surface area contributed by atoms with Crippen LogP contribution >= 0.6 is 0 Å². The van der Waals surface area contributed by atoms with Crippen LogP contribution in [0.5, 0.6) is 0 Å². The average molecular weight is 372 g/mol. The molecule has 8 nitrogen and oxygen atoms in total. The van der Waals surface area contributed by atoms with E-state index in [4.69, 9.17) is 0 Å². The van der Waals surface area contributed by atoms with Crippen molar-refractivity contribution < 1.29 is 14.0 Å². The molecule has 9 heteroatoms. The molecule has 1 aliphatic rings. The fraction of sp³-hybridized carbons (Fsp3) is 0.333. The van der Waals surface area contributed by atoms with E-state index < -0.39 is 5.82 Å². The van der Waals surface area contributed by atoms with Crippen LogP contribution in [0.1, 0.15) is 10.4 Å². The summed E-state index contributed by atoms with van der Waals surface area (Å²) in [6.07, 6.45) is 3.39. The van der Waals surface area contributed by atoms with Crippen LogP contribution in [-0.2, 0) is 0 Å². The summed E-state index contributed by atoms with van der Waals surface area (Å²) in [5.41, 5.74) is 0.377. The number of rotatable bonds is 5. The molecule has 0 radical (unpaired) electrons. The Morgan fingerprint density at radius 1 is 0.963 bits per heavy atom. The van der Waals surface area contributed by atoms with Crippen molar-refractivity contribution in [2.75, 3.05) is 44.2 Å². The highest BCUT2D eigenvalue weighted by molar-refractivity contribution is 5.94. The van der Waals surface area contributed by atoms with Crippen molar-refractivity contribution in [3.8, 4) is 0 Å². The Labute approximate surface area is 156 Å². The van der Waals surface area contributed by atoms with Crippen molar-refractivity contribution in [2.24, 2.45) is 0 Å². The summed E-state index contributed by atoms with van der Waals surface area (Å²) in [5, 5.41) is 5.47. The molecule has 0 aliphatic carbocycles. The van der Waals surface area contributed by atoms with Gasteiger partial charge in [0, 0.05) is 57.2 Å². The van der Waals surface area contributed by atoms with Gasteiger partial charge in [0.2, 0.25) is 5.95 Å². The molecule has 2 heterocycles. The third-order valence-electron chi connectivity index (χ3n) is 4.20. The number of piperazine rings is 1. The Hall–Kier alpha value is -3.23. The number of nitrogens with zero attached hydrogens (tertiary/aromatic N) is 4. The molecular formula is C18H21FN6O2. The predicted molar refractivity (Wildman–Crippen MR) is 97.9 cm³/mol. The molecule has 2 N–H and O–H groups in total. The van der Waals surface area contributed by atoms with Crippen molar-refractivity contribution in [3.05, 3.63) is 54.1 Å². The highest BCUT2D eigenvalue weighted by Crippen LogP contribution is 2.09. The highest BCUT2D eigenvalue weighted by atomic mass is 19.1. The van der Waals surface area contributed by atoms with Crippen LogP contribution < -0.4 is 15.5 Å². The monoisotopic (exact) mass is 372 g/mol. The van der Waals surface area contributed by atoms with Gasteiger partial charge in [-0.2, -0.15) is 0 Å². The van der Waals surface area contributed by atoms with Crippen LogP contribution in [-0.4, -0.2) is 66.1 Å². The average Bonchev–Trinajstić information content (AvgIpc) is 2.72. The molecule has 27 heavy (non-hydrogen) atoms. The molecule has 3 rings (SSSR count). The molecule has 1 fully saturated rings. The molecule has 1 aliphatic heterocycles. The van der Waals surface area contributed by atoms with Crippen LogP contribution in [0.25, 0.3) is 0 Å². The van der Waals surface area contributed by atoms with Crippen molar-refractivity contribution in [1.29, 1.82) is 0 Å². The van der Waals surface area contributed by atoms with Crippen molar-refractivity contribution in [3.63, 3.8) is 0 Å². The molecule has 2 aromatic rings. The van der Waals surface area contributed by atoms with Gasteiger partial charge in [-0.1, -0.05) is 0 Å². The van der Waals surface area contributed by atoms with E-state index in [1.54, 1.807) is 23.4 Å². The zero-order chi connectivity index (χ0) is 19.1. The van der Waals surface area contributed by atoms with Gasteiger partial charge < -0.3 is 20.4 Å². The lowest BCUT2D eigenvalue weighted by molar-refractivity contribution is 0.0953. The van der Waals surface area contributed by atoms with E-state index in [1.165, 1.54) is 24.3 Å². The number of anilines is 1. The minimum atomic E-state index is -0.391. The first-order valence-corrected chi connectivity index (χ1v) is 8.72. The quantitative estimate of drug-likeness (QED) is 0.761. The first kappa shape index (κ1) is 18.6. The standard InChI is InChI=1S/C18H21FN6O2/c19-15-4-2-14(3-5-15)16(26)20-8-9-23-18(27)25-12-10-24(11-13-25)17-21-6-1-7-22-17/h1-7H,8-13H2,(H,20,26)(H,23,27). The Morgan fingerprint density at radius 3 is 2.26 bits per heavy atom. The highest BCUT2D eigenvalue weighted by Gasteiger charge is 2.22. The van der Waals surface area contributed by atoms with E-state index in [0.717, 1.165) is 0 Å². The van der Waals surface area contributed by atoms with E-state index in [9.17, 15) is 14.0 Å². The second kappa shape index (κ2) is 8.93. The van der Waals surface area contributed by atoms with Gasteiger partial charge in [0.15, 0.2) is 0 Å². The summed E-state index contributed by atoms with van der Waals surface area (Å²) in [6.45, 7) is 3.09. The molecule has 0 atom stereocenters. The molecule has 0 saturated carbocycles. The Morgan fingerprint density at radius 2 is 1.59 bits per heavy atom. The largest absolute Gasteiger partial charge is 0.350 e. The summed E-state index contributed by atoms with van der Waals surface area (Å²) in [6, 6.07) is 6.90. The van der Waals surface area contributed by atoms with Crippen LogP contribution in [0.4, 0.5) is 15.1 Å². The molecule has 142 valence electrons. The lowest BCUT2D eigenvalue weighted by Crippen LogP contribution is -2.52. The van der Waals surface area contributed by atoms with Crippen molar-refractivity contribution in [1.82, 2.24) is 25.5 Å². The van der Waals surface area contributed by atoms with Gasteiger partial charge >= 0.3 is 6.03 Å². The van der Waals surface area contributed by atoms with E-state index in [1.807, 2.05) is 4.90 Å². The molecule has 1 aromatic carbocycles. The van der Waals surface area contributed by atoms with E-state index in [-0.39, 0.29) is 11.9 Å². The molecule has 1 aromatic heterocycles. The van der Waals surface area contributed by atoms with Crippen LogP contribution in [0.15, 0.2) is 42.7 Å². The number of aromatic nitrogens is 2. The van der Waals surface area contributed by atoms with E-state index in [2.05, 4.69) is 20.6 Å². The first-order chi connectivity index (χ1) is 13.1. The molecule has 0 unspecified atom stereocenters. The van der Waals surface area contributed by atoms with Gasteiger partial charge in [-0.05, 0) is 30.3 Å². The predicted octanol–water partition coefficient (Wildman–Crippen LogP) is 0.877. The SMILES string of the molecule is O=C(NCCNC(=O)N1CCN(c2ncccn2)CC1)c1ccc(F)cc1. The zero-order valence-electron chi connectivity index (χ0n) is 14.8. The van der Waals surface area contributed by atoms with Crippen LogP contribution in [0.3, 0.4) is 0 Å². The summed E-state index contributed by atoms with van der Waals surface area (Å²) < 4.78 is 12.8. The number of nitrogens with one attached hydrogen (secondary N) is 2. The van der Waals surface area contributed by atoms with E-state index in [0.29, 0.717) is 50.8 Å². The number of halogens is 1. The van der Waals surface area contributed by atoms with Gasteiger partial charge in [0.05, 0.1) is 0 Å². The maximum absolute atomic E-state index is 12.8. The van der Waals surface area contributed by atoms with Gasteiger partial charge in [0.1, 0.15) is 5.82 Å². The fourth-order valence-corrected chi connectivity index (χ4v) is 2.72. The van der Waals surface area contributed by atoms with Gasteiger partial charge in [-0.25, -0.2) is 19.2 Å². The second-order valence-electron chi connectivity index (χ2n) is 6.02. The normalized spacial score (nSPS) is 14.0. The number of urea groups is 1. The Bertz CT molecular complexity index is 763. The van der Waals surface area contributed by atoms with Crippen LogP contribution in [0.2, 0.25) is 0 Å². The number of carbonyl (C=O) groups is 2. The summed E-state index contributed by atoms with van der Waals surface area (Å²) in [4.78, 5) is 36.3. The third kappa shape index (κ3) is 5.13. The third-order valence-corrected chi connectivity index (χ3v) is 4.20. The molecular weight excluding hydrogens is 351 g/mol. The first-order valence-electron chi connectivity index (χ1n) is 8.72. The number of hydrogen-bond donors (Lipinski definition) is 2. The minimum Gasteiger partial charge on any atom is -0.350 e.